The van der Waals surface area contributed by atoms with Crippen molar-refractivity contribution in [2.24, 2.45) is 0 Å². The monoisotopic (exact) mass is 320 g/mol. The maximum Gasteiger partial charge on any atom is 0.262 e. The predicted molar refractivity (Wildman–Crippen MR) is 90.2 cm³/mol. The Balaban J connectivity index is 2.43. The summed E-state index contributed by atoms with van der Waals surface area (Å²) in [7, 11) is -1.29. The number of hydrogen-bond donors (Lipinski definition) is 1. The molecule has 0 unspecified atom stereocenters. The van der Waals surface area contributed by atoms with E-state index in [0.717, 1.165) is 17.1 Å². The van der Waals surface area contributed by atoms with Crippen LogP contribution >= 0.6 is 11.8 Å². The summed E-state index contributed by atoms with van der Waals surface area (Å²) in [5.74, 6) is -0.217. The Hall–Kier alpha value is -1.53. The summed E-state index contributed by atoms with van der Waals surface area (Å²) >= 11 is 1.56. The highest BCUT2D eigenvalue weighted by atomic mass is 32.2. The smallest absolute Gasteiger partial charge is 0.262 e. The van der Waals surface area contributed by atoms with Crippen molar-refractivity contribution >= 4 is 19.8 Å². The molecular formula is C15H20N2O2SSi. The number of thioether (sulfide) groups is 1. The van der Waals surface area contributed by atoms with E-state index in [0.29, 0.717) is 5.16 Å². The lowest BCUT2D eigenvalue weighted by Gasteiger charge is -2.20. The Bertz CT molecular complexity index is 671. The molecule has 112 valence electrons. The standard InChI is InChI=1S/C15H20N2O2SSi/c1-4-21(2,3)11-20-15-16-13(18)10-14(19)17(15)12-8-6-5-7-9-12/h5-10,18H,4,11H2,1-3H3. The Morgan fingerprint density at radius 1 is 1.29 bits per heavy atom. The second kappa shape index (κ2) is 6.49. The third-order valence-electron chi connectivity index (χ3n) is 3.44. The van der Waals surface area contributed by atoms with E-state index < -0.39 is 8.07 Å². The van der Waals surface area contributed by atoms with Gasteiger partial charge in [0.25, 0.3) is 5.56 Å². The van der Waals surface area contributed by atoms with Crippen molar-refractivity contribution in [3.05, 3.63) is 46.8 Å². The van der Waals surface area contributed by atoms with Crippen LogP contribution in [0.15, 0.2) is 46.3 Å². The lowest BCUT2D eigenvalue weighted by atomic mass is 10.3. The number of para-hydroxylation sites is 1. The van der Waals surface area contributed by atoms with E-state index >= 15 is 0 Å². The second-order valence-corrected chi connectivity index (χ2v) is 12.6. The fourth-order valence-corrected chi connectivity index (χ4v) is 5.10. The maximum atomic E-state index is 12.2. The Morgan fingerprint density at radius 2 is 1.95 bits per heavy atom. The van der Waals surface area contributed by atoms with Crippen molar-refractivity contribution in [3.63, 3.8) is 0 Å². The first-order valence-electron chi connectivity index (χ1n) is 6.94. The van der Waals surface area contributed by atoms with Gasteiger partial charge in [0.05, 0.1) is 19.8 Å². The molecule has 0 atom stereocenters. The molecule has 2 rings (SSSR count). The Labute approximate surface area is 129 Å². The molecule has 4 nitrogen and oxygen atoms in total. The number of rotatable bonds is 5. The highest BCUT2D eigenvalue weighted by Gasteiger charge is 2.20. The molecule has 2 aromatic rings. The Kier molecular flexibility index (Phi) is 4.90. The normalized spacial score (nSPS) is 11.6. The van der Waals surface area contributed by atoms with Crippen LogP contribution in [0.4, 0.5) is 0 Å². The first-order valence-corrected chi connectivity index (χ1v) is 11.3. The van der Waals surface area contributed by atoms with E-state index in [1.807, 2.05) is 30.3 Å². The van der Waals surface area contributed by atoms with Crippen LogP contribution in [0, 0.1) is 0 Å². The van der Waals surface area contributed by atoms with Gasteiger partial charge in [-0.25, -0.2) is 0 Å². The predicted octanol–water partition coefficient (Wildman–Crippen LogP) is 3.30. The molecule has 0 bridgehead atoms. The molecule has 0 aliphatic carbocycles. The molecule has 1 heterocycles. The minimum atomic E-state index is -1.29. The zero-order valence-electron chi connectivity index (χ0n) is 12.5. The number of hydrogen-bond acceptors (Lipinski definition) is 4. The molecule has 1 aromatic carbocycles. The summed E-state index contributed by atoms with van der Waals surface area (Å²) < 4.78 is 1.56. The minimum absolute atomic E-state index is 0.217. The number of aromatic hydroxyl groups is 1. The number of benzene rings is 1. The topological polar surface area (TPSA) is 55.1 Å². The summed E-state index contributed by atoms with van der Waals surface area (Å²) in [5.41, 5.74) is 0.514. The Morgan fingerprint density at radius 3 is 2.57 bits per heavy atom. The van der Waals surface area contributed by atoms with Crippen molar-refractivity contribution in [1.82, 2.24) is 9.55 Å². The molecular weight excluding hydrogens is 300 g/mol. The van der Waals surface area contributed by atoms with E-state index in [2.05, 4.69) is 25.0 Å². The molecule has 0 aliphatic heterocycles. The molecule has 0 amide bonds. The van der Waals surface area contributed by atoms with Crippen LogP contribution in [0.25, 0.3) is 5.69 Å². The van der Waals surface area contributed by atoms with Crippen molar-refractivity contribution in [3.8, 4) is 11.6 Å². The largest absolute Gasteiger partial charge is 0.493 e. The van der Waals surface area contributed by atoms with E-state index in [1.165, 1.54) is 6.04 Å². The molecule has 21 heavy (non-hydrogen) atoms. The van der Waals surface area contributed by atoms with Gasteiger partial charge in [0.1, 0.15) is 0 Å². The molecule has 0 radical (unpaired) electrons. The van der Waals surface area contributed by atoms with Gasteiger partial charge in [-0.1, -0.05) is 56.0 Å². The van der Waals surface area contributed by atoms with Crippen LogP contribution in [-0.2, 0) is 0 Å². The molecule has 0 aliphatic rings. The zero-order chi connectivity index (χ0) is 15.5. The van der Waals surface area contributed by atoms with E-state index in [9.17, 15) is 9.90 Å². The first-order chi connectivity index (χ1) is 9.93. The quantitative estimate of drug-likeness (QED) is 0.522. The minimum Gasteiger partial charge on any atom is -0.493 e. The second-order valence-electron chi connectivity index (χ2n) is 5.71. The number of nitrogens with zero attached hydrogens (tertiary/aromatic N) is 2. The third kappa shape index (κ3) is 3.98. The number of aromatic nitrogens is 2. The van der Waals surface area contributed by atoms with Crippen LogP contribution < -0.4 is 5.56 Å². The van der Waals surface area contributed by atoms with Crippen LogP contribution in [0.5, 0.6) is 5.88 Å². The van der Waals surface area contributed by atoms with Gasteiger partial charge in [0, 0.05) is 0 Å². The van der Waals surface area contributed by atoms with Gasteiger partial charge in [0.2, 0.25) is 5.88 Å². The van der Waals surface area contributed by atoms with Gasteiger partial charge in [0.15, 0.2) is 5.16 Å². The van der Waals surface area contributed by atoms with Gasteiger partial charge in [-0.3, -0.25) is 9.36 Å². The fourth-order valence-electron chi connectivity index (χ4n) is 1.72. The summed E-state index contributed by atoms with van der Waals surface area (Å²) in [6.07, 6.45) is 0. The van der Waals surface area contributed by atoms with Crippen LogP contribution in [0.2, 0.25) is 19.1 Å². The molecule has 1 N–H and O–H groups in total. The van der Waals surface area contributed by atoms with Crippen LogP contribution in [-0.4, -0.2) is 28.1 Å². The van der Waals surface area contributed by atoms with Crippen molar-refractivity contribution in [2.45, 2.75) is 31.2 Å². The van der Waals surface area contributed by atoms with Crippen molar-refractivity contribution in [1.29, 1.82) is 0 Å². The summed E-state index contributed by atoms with van der Waals surface area (Å²) in [6, 6.07) is 11.7. The first kappa shape index (κ1) is 15.8. The van der Waals surface area contributed by atoms with Gasteiger partial charge in [-0.2, -0.15) is 4.98 Å². The SMILES string of the molecule is CC[Si](C)(C)CSc1nc(O)cc(=O)n1-c1ccccc1. The van der Waals surface area contributed by atoms with E-state index in [-0.39, 0.29) is 11.4 Å². The fraction of sp³-hybridized carbons (Fsp3) is 0.333. The van der Waals surface area contributed by atoms with Gasteiger partial charge < -0.3 is 5.11 Å². The highest BCUT2D eigenvalue weighted by Crippen LogP contribution is 2.24. The lowest BCUT2D eigenvalue weighted by molar-refractivity contribution is 0.441. The molecule has 6 heteroatoms. The van der Waals surface area contributed by atoms with Crippen molar-refractivity contribution in [2.75, 3.05) is 5.38 Å². The van der Waals surface area contributed by atoms with Gasteiger partial charge >= 0.3 is 0 Å². The van der Waals surface area contributed by atoms with Crippen LogP contribution in [0.1, 0.15) is 6.92 Å². The van der Waals surface area contributed by atoms with Gasteiger partial charge in [-0.05, 0) is 17.5 Å². The van der Waals surface area contributed by atoms with Gasteiger partial charge in [-0.15, -0.1) is 0 Å². The zero-order valence-corrected chi connectivity index (χ0v) is 14.4. The van der Waals surface area contributed by atoms with E-state index in [1.54, 1.807) is 16.3 Å². The average Bonchev–Trinajstić information content (AvgIpc) is 2.45. The summed E-state index contributed by atoms with van der Waals surface area (Å²) in [6.45, 7) is 6.83. The highest BCUT2D eigenvalue weighted by molar-refractivity contribution is 8.00. The van der Waals surface area contributed by atoms with E-state index in [4.69, 9.17) is 0 Å². The maximum absolute atomic E-state index is 12.2. The summed E-state index contributed by atoms with van der Waals surface area (Å²) in [4.78, 5) is 16.4. The molecule has 0 saturated carbocycles. The summed E-state index contributed by atoms with van der Waals surface area (Å²) in [5, 5.41) is 11.1. The molecule has 0 saturated heterocycles. The lowest BCUT2D eigenvalue weighted by Crippen LogP contribution is -2.29. The third-order valence-corrected chi connectivity index (χ3v) is 9.59. The van der Waals surface area contributed by atoms with Crippen molar-refractivity contribution < 1.29 is 5.11 Å². The molecule has 0 fully saturated rings. The van der Waals surface area contributed by atoms with Crippen LogP contribution in [0.3, 0.4) is 0 Å². The molecule has 0 spiro atoms. The molecule has 1 aromatic heterocycles. The average molecular weight is 320 g/mol.